The predicted octanol–water partition coefficient (Wildman–Crippen LogP) is 0.315. The van der Waals surface area contributed by atoms with Gasteiger partial charge in [-0.1, -0.05) is 11.6 Å². The van der Waals surface area contributed by atoms with Gasteiger partial charge in [0.1, 0.15) is 6.10 Å². The summed E-state index contributed by atoms with van der Waals surface area (Å²) in [5.41, 5.74) is 0. The van der Waals surface area contributed by atoms with E-state index in [4.69, 9.17) is 9.57 Å². The standard InChI is InChI=1S/C16H28N4O3/c1-12(21)18-15-5-6-17-9-14(15)16-19-22-11-13(23-16)10-20-7-3-2-4-8-20/h13-15,17H,2-11H2,1H3,(H,18,21). The topological polar surface area (TPSA) is 75.2 Å². The lowest BCUT2D eigenvalue weighted by Crippen LogP contribution is -2.54. The number of nitrogens with zero attached hydrogens (tertiary/aromatic N) is 2. The van der Waals surface area contributed by atoms with Gasteiger partial charge in [0.05, 0.1) is 5.92 Å². The van der Waals surface area contributed by atoms with E-state index < -0.39 is 0 Å². The van der Waals surface area contributed by atoms with Crippen LogP contribution in [0.1, 0.15) is 32.6 Å². The minimum Gasteiger partial charge on any atom is -0.470 e. The first-order chi connectivity index (χ1) is 11.2. The number of hydrogen-bond acceptors (Lipinski definition) is 6. The Bertz CT molecular complexity index is 437. The summed E-state index contributed by atoms with van der Waals surface area (Å²) in [7, 11) is 0. The second kappa shape index (κ2) is 7.97. The maximum atomic E-state index is 11.4. The van der Waals surface area contributed by atoms with Crippen LogP contribution in [0.2, 0.25) is 0 Å². The van der Waals surface area contributed by atoms with E-state index in [0.29, 0.717) is 12.5 Å². The van der Waals surface area contributed by atoms with E-state index in [1.54, 1.807) is 6.92 Å². The van der Waals surface area contributed by atoms with Gasteiger partial charge in [-0.15, -0.1) is 0 Å². The van der Waals surface area contributed by atoms with Crippen molar-refractivity contribution < 1.29 is 14.4 Å². The van der Waals surface area contributed by atoms with Gasteiger partial charge in [-0.25, -0.2) is 0 Å². The minimum absolute atomic E-state index is 0.0101. The SMILES string of the molecule is CC(=O)NC1CCNCC1C1=NOCC(CN2CCCCC2)O1. The molecule has 3 aliphatic rings. The minimum atomic E-state index is -0.0101. The van der Waals surface area contributed by atoms with Gasteiger partial charge in [0.25, 0.3) is 0 Å². The first-order valence-electron chi connectivity index (χ1n) is 8.79. The van der Waals surface area contributed by atoms with Gasteiger partial charge in [-0.3, -0.25) is 9.69 Å². The maximum Gasteiger partial charge on any atom is 0.232 e. The molecule has 2 saturated heterocycles. The van der Waals surface area contributed by atoms with Crippen molar-refractivity contribution in [1.82, 2.24) is 15.5 Å². The molecule has 0 aromatic rings. The van der Waals surface area contributed by atoms with Gasteiger partial charge in [0, 0.05) is 26.1 Å². The summed E-state index contributed by atoms with van der Waals surface area (Å²) < 4.78 is 6.13. The smallest absolute Gasteiger partial charge is 0.232 e. The number of carbonyl (C=O) groups excluding carboxylic acids is 1. The zero-order valence-electron chi connectivity index (χ0n) is 13.9. The number of hydrogen-bond donors (Lipinski definition) is 2. The molecule has 0 radical (unpaired) electrons. The van der Waals surface area contributed by atoms with Crippen LogP contribution in [0.4, 0.5) is 0 Å². The Hall–Kier alpha value is -1.34. The van der Waals surface area contributed by atoms with Crippen molar-refractivity contribution in [3.8, 4) is 0 Å². The average molecular weight is 324 g/mol. The molecule has 130 valence electrons. The fourth-order valence-electron chi connectivity index (χ4n) is 3.64. The maximum absolute atomic E-state index is 11.4. The highest BCUT2D eigenvalue weighted by Crippen LogP contribution is 2.19. The fourth-order valence-corrected chi connectivity index (χ4v) is 3.64. The molecule has 3 aliphatic heterocycles. The quantitative estimate of drug-likeness (QED) is 0.779. The largest absolute Gasteiger partial charge is 0.470 e. The lowest BCUT2D eigenvalue weighted by molar-refractivity contribution is -0.120. The average Bonchev–Trinajstić information content (AvgIpc) is 2.56. The number of carbonyl (C=O) groups is 1. The number of nitrogens with one attached hydrogen (secondary N) is 2. The zero-order valence-corrected chi connectivity index (χ0v) is 13.9. The first-order valence-corrected chi connectivity index (χ1v) is 8.79. The van der Waals surface area contributed by atoms with Crippen LogP contribution in [0.3, 0.4) is 0 Å². The first kappa shape index (κ1) is 16.5. The second-order valence-corrected chi connectivity index (χ2v) is 6.73. The van der Waals surface area contributed by atoms with Crippen LogP contribution in [0, 0.1) is 5.92 Å². The highest BCUT2D eigenvalue weighted by Gasteiger charge is 2.35. The lowest BCUT2D eigenvalue weighted by atomic mass is 9.93. The van der Waals surface area contributed by atoms with Crippen molar-refractivity contribution in [3.63, 3.8) is 0 Å². The molecule has 3 rings (SSSR count). The molecule has 3 atom stereocenters. The Balaban J connectivity index is 1.57. The van der Waals surface area contributed by atoms with Gasteiger partial charge >= 0.3 is 0 Å². The van der Waals surface area contributed by atoms with Gasteiger partial charge in [-0.05, 0) is 38.9 Å². The van der Waals surface area contributed by atoms with Crippen LogP contribution in [0.25, 0.3) is 0 Å². The van der Waals surface area contributed by atoms with E-state index in [1.807, 2.05) is 0 Å². The number of oxime groups is 1. The monoisotopic (exact) mass is 324 g/mol. The Morgan fingerprint density at radius 1 is 1.39 bits per heavy atom. The number of likely N-dealkylation sites (tertiary alicyclic amines) is 1. The van der Waals surface area contributed by atoms with Crippen molar-refractivity contribution in [2.45, 2.75) is 44.8 Å². The third-order valence-electron chi connectivity index (χ3n) is 4.80. The van der Waals surface area contributed by atoms with Gasteiger partial charge < -0.3 is 20.2 Å². The molecule has 0 saturated carbocycles. The number of amides is 1. The summed E-state index contributed by atoms with van der Waals surface area (Å²) in [4.78, 5) is 19.3. The van der Waals surface area contributed by atoms with Crippen LogP contribution in [0.5, 0.6) is 0 Å². The summed E-state index contributed by atoms with van der Waals surface area (Å²) in [5, 5.41) is 10.5. The highest BCUT2D eigenvalue weighted by molar-refractivity contribution is 5.81. The molecule has 7 heteroatoms. The number of piperidine rings is 2. The molecule has 23 heavy (non-hydrogen) atoms. The van der Waals surface area contributed by atoms with Crippen molar-refractivity contribution in [1.29, 1.82) is 0 Å². The zero-order chi connectivity index (χ0) is 16.1. The molecule has 0 aliphatic carbocycles. The van der Waals surface area contributed by atoms with Crippen molar-refractivity contribution in [3.05, 3.63) is 0 Å². The van der Waals surface area contributed by atoms with E-state index in [-0.39, 0.29) is 24.0 Å². The molecule has 1 amide bonds. The van der Waals surface area contributed by atoms with Crippen LogP contribution in [0.15, 0.2) is 5.16 Å². The van der Waals surface area contributed by atoms with Crippen LogP contribution < -0.4 is 10.6 Å². The van der Waals surface area contributed by atoms with E-state index in [0.717, 1.165) is 39.1 Å². The number of rotatable bonds is 4. The van der Waals surface area contributed by atoms with E-state index in [9.17, 15) is 4.79 Å². The summed E-state index contributed by atoms with van der Waals surface area (Å²) in [6, 6.07) is 0.0600. The molecule has 0 spiro atoms. The third-order valence-corrected chi connectivity index (χ3v) is 4.80. The Labute approximate surface area is 137 Å². The van der Waals surface area contributed by atoms with Crippen LogP contribution in [-0.2, 0) is 14.4 Å². The summed E-state index contributed by atoms with van der Waals surface area (Å²) in [6.07, 6.45) is 4.78. The van der Waals surface area contributed by atoms with E-state index in [2.05, 4.69) is 20.7 Å². The van der Waals surface area contributed by atoms with Crippen molar-refractivity contribution in [2.75, 3.05) is 39.3 Å². The van der Waals surface area contributed by atoms with E-state index in [1.165, 1.54) is 19.3 Å². The van der Waals surface area contributed by atoms with Crippen LogP contribution >= 0.6 is 0 Å². The molecule has 2 N–H and O–H groups in total. The number of ether oxygens (including phenoxy) is 1. The second-order valence-electron chi connectivity index (χ2n) is 6.73. The van der Waals surface area contributed by atoms with Crippen LogP contribution in [-0.4, -0.2) is 68.2 Å². The Morgan fingerprint density at radius 2 is 2.22 bits per heavy atom. The predicted molar refractivity (Wildman–Crippen MR) is 87.1 cm³/mol. The van der Waals surface area contributed by atoms with E-state index >= 15 is 0 Å². The van der Waals surface area contributed by atoms with Gasteiger partial charge in [0.15, 0.2) is 6.61 Å². The van der Waals surface area contributed by atoms with Gasteiger partial charge in [0.2, 0.25) is 11.8 Å². The lowest BCUT2D eigenvalue weighted by Gasteiger charge is -2.36. The molecule has 2 fully saturated rings. The molecule has 3 heterocycles. The summed E-state index contributed by atoms with van der Waals surface area (Å²) in [6.45, 7) is 6.89. The summed E-state index contributed by atoms with van der Waals surface area (Å²) >= 11 is 0. The molecule has 0 aromatic carbocycles. The Kier molecular flexibility index (Phi) is 5.72. The normalized spacial score (nSPS) is 32.4. The molecule has 3 unspecified atom stereocenters. The third kappa shape index (κ3) is 4.57. The van der Waals surface area contributed by atoms with Gasteiger partial charge in [-0.2, -0.15) is 0 Å². The van der Waals surface area contributed by atoms with Crippen molar-refractivity contribution >= 4 is 11.8 Å². The molecule has 0 bridgehead atoms. The molecular formula is C16H28N4O3. The van der Waals surface area contributed by atoms with Crippen molar-refractivity contribution in [2.24, 2.45) is 11.1 Å². The fraction of sp³-hybridized carbons (Fsp3) is 0.875. The molecular weight excluding hydrogens is 296 g/mol. The molecule has 7 nitrogen and oxygen atoms in total. The Morgan fingerprint density at radius 3 is 3.00 bits per heavy atom. The molecule has 0 aromatic heterocycles. The highest BCUT2D eigenvalue weighted by atomic mass is 16.7. The summed E-state index contributed by atoms with van der Waals surface area (Å²) in [5.74, 6) is 0.658.